The van der Waals surface area contributed by atoms with Crippen molar-refractivity contribution in [2.75, 3.05) is 18.6 Å². The van der Waals surface area contributed by atoms with Crippen LogP contribution < -0.4 is 11.1 Å². The van der Waals surface area contributed by atoms with Crippen molar-refractivity contribution in [1.82, 2.24) is 5.32 Å². The minimum Gasteiger partial charge on any atom is -0.354 e. The molecule has 6 heteroatoms. The Balaban J connectivity index is 2.19. The van der Waals surface area contributed by atoms with E-state index in [0.29, 0.717) is 6.54 Å². The molecule has 3 N–H and O–H groups in total. The number of thioether (sulfide) groups is 1. The first-order valence-electron chi connectivity index (χ1n) is 5.40. The van der Waals surface area contributed by atoms with Gasteiger partial charge in [-0.25, -0.2) is 0 Å². The van der Waals surface area contributed by atoms with Crippen LogP contribution in [-0.4, -0.2) is 30.5 Å². The lowest BCUT2D eigenvalue weighted by atomic mass is 10.2. The van der Waals surface area contributed by atoms with Gasteiger partial charge >= 0.3 is 0 Å². The first-order valence-corrected chi connectivity index (χ1v) is 8.69. The van der Waals surface area contributed by atoms with Crippen molar-refractivity contribution in [3.8, 4) is 0 Å². The number of carbonyl (C=O) groups excluding carboxylic acids is 1. The van der Waals surface area contributed by atoms with Crippen molar-refractivity contribution in [2.24, 2.45) is 5.73 Å². The number of carbonyl (C=O) groups is 1. The fraction of sp³-hybridized carbons (Fsp3) is 0.545. The minimum atomic E-state index is -0.370. The van der Waals surface area contributed by atoms with E-state index >= 15 is 0 Å². The van der Waals surface area contributed by atoms with Crippen molar-refractivity contribution in [1.29, 1.82) is 0 Å². The van der Waals surface area contributed by atoms with Gasteiger partial charge in [0, 0.05) is 11.4 Å². The van der Waals surface area contributed by atoms with Crippen LogP contribution >= 0.6 is 45.7 Å². The number of hydrogen-bond acceptors (Lipinski definition) is 4. The maximum absolute atomic E-state index is 11.6. The molecule has 0 saturated carbocycles. The fourth-order valence-corrected chi connectivity index (χ4v) is 3.55. The van der Waals surface area contributed by atoms with Gasteiger partial charge in [0.05, 0.1) is 8.93 Å². The van der Waals surface area contributed by atoms with Gasteiger partial charge in [0.25, 0.3) is 0 Å². The molecular weight excluding hydrogens is 367 g/mol. The van der Waals surface area contributed by atoms with Crippen LogP contribution in [0.5, 0.6) is 0 Å². The van der Waals surface area contributed by atoms with Crippen molar-refractivity contribution in [3.05, 3.63) is 19.9 Å². The van der Waals surface area contributed by atoms with Crippen molar-refractivity contribution >= 4 is 51.6 Å². The van der Waals surface area contributed by atoms with Crippen molar-refractivity contribution < 1.29 is 4.79 Å². The van der Waals surface area contributed by atoms with Crippen LogP contribution in [0.3, 0.4) is 0 Å². The predicted molar refractivity (Wildman–Crippen MR) is 84.7 cm³/mol. The van der Waals surface area contributed by atoms with E-state index in [1.807, 2.05) is 6.26 Å². The molecule has 0 aliphatic rings. The number of thiophene rings is 1. The topological polar surface area (TPSA) is 55.1 Å². The normalized spacial score (nSPS) is 12.4. The number of nitrogens with two attached hydrogens (primary N) is 1. The molecule has 0 radical (unpaired) electrons. The lowest BCUT2D eigenvalue weighted by Gasteiger charge is -2.10. The summed E-state index contributed by atoms with van der Waals surface area (Å²) in [5.74, 6) is 0.892. The average molecular weight is 384 g/mol. The Morgan fingerprint density at radius 1 is 1.65 bits per heavy atom. The Morgan fingerprint density at radius 2 is 2.41 bits per heavy atom. The van der Waals surface area contributed by atoms with Gasteiger partial charge in [0.2, 0.25) is 5.91 Å². The van der Waals surface area contributed by atoms with Gasteiger partial charge in [-0.15, -0.1) is 11.3 Å². The van der Waals surface area contributed by atoms with E-state index in [-0.39, 0.29) is 11.9 Å². The Kier molecular flexibility index (Phi) is 7.49. The highest BCUT2D eigenvalue weighted by Gasteiger charge is 2.11. The van der Waals surface area contributed by atoms with Crippen LogP contribution in [0.25, 0.3) is 0 Å². The molecule has 0 aliphatic heterocycles. The number of nitrogens with one attached hydrogen (secondary N) is 1. The highest BCUT2D eigenvalue weighted by atomic mass is 127. The third kappa shape index (κ3) is 6.08. The second-order valence-electron chi connectivity index (χ2n) is 3.63. The van der Waals surface area contributed by atoms with Gasteiger partial charge in [-0.2, -0.15) is 11.8 Å². The second kappa shape index (κ2) is 8.34. The van der Waals surface area contributed by atoms with Gasteiger partial charge in [0.1, 0.15) is 0 Å². The highest BCUT2D eigenvalue weighted by Crippen LogP contribution is 2.18. The molecule has 1 aromatic heterocycles. The van der Waals surface area contributed by atoms with E-state index in [1.54, 1.807) is 23.1 Å². The number of amides is 1. The SMILES string of the molecule is CSCC[C@H](N)C(=O)NCCc1ccc(I)s1. The van der Waals surface area contributed by atoms with E-state index in [2.05, 4.69) is 40.0 Å². The molecular formula is C11H17IN2OS2. The zero-order valence-corrected chi connectivity index (χ0v) is 13.5. The molecule has 0 aliphatic carbocycles. The summed E-state index contributed by atoms with van der Waals surface area (Å²) in [6.45, 7) is 0.669. The van der Waals surface area contributed by atoms with Crippen LogP contribution in [0, 0.1) is 2.88 Å². The molecule has 1 heterocycles. The fourth-order valence-electron chi connectivity index (χ4n) is 1.30. The summed E-state index contributed by atoms with van der Waals surface area (Å²) in [6.07, 6.45) is 3.64. The highest BCUT2D eigenvalue weighted by molar-refractivity contribution is 14.1. The second-order valence-corrected chi connectivity index (χ2v) is 7.68. The van der Waals surface area contributed by atoms with Gasteiger partial charge in [-0.3, -0.25) is 4.79 Å². The molecule has 17 heavy (non-hydrogen) atoms. The van der Waals surface area contributed by atoms with E-state index in [1.165, 1.54) is 7.76 Å². The largest absolute Gasteiger partial charge is 0.354 e. The van der Waals surface area contributed by atoms with E-state index in [0.717, 1.165) is 18.6 Å². The summed E-state index contributed by atoms with van der Waals surface area (Å²) < 4.78 is 1.28. The molecule has 1 atom stereocenters. The Hall–Kier alpha value is 0.210. The number of halogens is 1. The monoisotopic (exact) mass is 384 g/mol. The molecule has 0 fully saturated rings. The third-order valence-corrected chi connectivity index (χ3v) is 4.87. The summed E-state index contributed by atoms with van der Waals surface area (Å²) in [7, 11) is 0. The summed E-state index contributed by atoms with van der Waals surface area (Å²) in [4.78, 5) is 12.9. The predicted octanol–water partition coefficient (Wildman–Crippen LogP) is 2.09. The van der Waals surface area contributed by atoms with Crippen LogP contribution in [0.15, 0.2) is 12.1 Å². The maximum Gasteiger partial charge on any atom is 0.236 e. The summed E-state index contributed by atoms with van der Waals surface area (Å²) >= 11 is 5.77. The van der Waals surface area contributed by atoms with Gasteiger partial charge < -0.3 is 11.1 Å². The Labute approximate surface area is 124 Å². The molecule has 96 valence electrons. The van der Waals surface area contributed by atoms with Gasteiger partial charge in [-0.05, 0) is 59.6 Å². The van der Waals surface area contributed by atoms with E-state index in [9.17, 15) is 4.79 Å². The van der Waals surface area contributed by atoms with E-state index in [4.69, 9.17) is 5.73 Å². The Morgan fingerprint density at radius 3 is 3.00 bits per heavy atom. The first kappa shape index (κ1) is 15.3. The van der Waals surface area contributed by atoms with Crippen molar-refractivity contribution in [3.63, 3.8) is 0 Å². The van der Waals surface area contributed by atoms with Gasteiger partial charge in [0.15, 0.2) is 0 Å². The van der Waals surface area contributed by atoms with Crippen LogP contribution in [0.4, 0.5) is 0 Å². The van der Waals surface area contributed by atoms with Crippen LogP contribution in [-0.2, 0) is 11.2 Å². The summed E-state index contributed by atoms with van der Waals surface area (Å²) in [6, 6.07) is 3.82. The average Bonchev–Trinajstić information content (AvgIpc) is 2.71. The molecule has 1 amide bonds. The quantitative estimate of drug-likeness (QED) is 0.708. The Bertz CT molecular complexity index is 357. The zero-order valence-electron chi connectivity index (χ0n) is 9.74. The zero-order chi connectivity index (χ0) is 12.7. The standard InChI is InChI=1S/C11H17IN2OS2/c1-16-7-5-9(13)11(15)14-6-4-8-2-3-10(12)17-8/h2-3,9H,4-7,13H2,1H3,(H,14,15)/t9-/m0/s1. The first-order chi connectivity index (χ1) is 8.13. The molecule has 1 rings (SSSR count). The number of rotatable bonds is 7. The summed E-state index contributed by atoms with van der Waals surface area (Å²) in [5, 5.41) is 2.88. The van der Waals surface area contributed by atoms with Crippen LogP contribution in [0.2, 0.25) is 0 Å². The molecule has 0 bridgehead atoms. The lowest BCUT2D eigenvalue weighted by molar-refractivity contribution is -0.122. The molecule has 0 saturated heterocycles. The molecule has 0 aromatic carbocycles. The lowest BCUT2D eigenvalue weighted by Crippen LogP contribution is -2.41. The molecule has 0 spiro atoms. The van der Waals surface area contributed by atoms with Crippen LogP contribution in [0.1, 0.15) is 11.3 Å². The van der Waals surface area contributed by atoms with E-state index < -0.39 is 0 Å². The molecule has 3 nitrogen and oxygen atoms in total. The summed E-state index contributed by atoms with van der Waals surface area (Å²) in [5.41, 5.74) is 5.76. The third-order valence-electron chi connectivity index (χ3n) is 2.27. The molecule has 1 aromatic rings. The van der Waals surface area contributed by atoms with Crippen molar-refractivity contribution in [2.45, 2.75) is 18.9 Å². The molecule has 0 unspecified atom stereocenters. The smallest absolute Gasteiger partial charge is 0.236 e. The minimum absolute atomic E-state index is 0.0368. The van der Waals surface area contributed by atoms with Gasteiger partial charge in [-0.1, -0.05) is 0 Å². The number of hydrogen-bond donors (Lipinski definition) is 2. The maximum atomic E-state index is 11.6.